The molecule has 2 aromatic rings. The summed E-state index contributed by atoms with van der Waals surface area (Å²) in [6.45, 7) is 12.4. The molecule has 3 nitrogen and oxygen atoms in total. The van der Waals surface area contributed by atoms with Gasteiger partial charge in [-0.05, 0) is 73.0 Å². The van der Waals surface area contributed by atoms with Gasteiger partial charge in [-0.2, -0.15) is 5.26 Å². The number of benzene rings is 2. The molecule has 0 aromatic heterocycles. The molecule has 1 aliphatic rings. The number of ether oxygens (including phenoxy) is 1. The average molecular weight is 377 g/mol. The molecule has 1 fully saturated rings. The number of hydrogen-bond acceptors (Lipinski definition) is 3. The van der Waals surface area contributed by atoms with Gasteiger partial charge >= 0.3 is 0 Å². The third kappa shape index (κ3) is 4.75. The molecule has 3 heteroatoms. The quantitative estimate of drug-likeness (QED) is 0.655. The van der Waals surface area contributed by atoms with Crippen molar-refractivity contribution in [3.63, 3.8) is 0 Å². The van der Waals surface area contributed by atoms with Crippen LogP contribution in [0.15, 0.2) is 36.4 Å². The van der Waals surface area contributed by atoms with E-state index in [4.69, 9.17) is 4.74 Å². The van der Waals surface area contributed by atoms with Crippen LogP contribution in [-0.2, 0) is 19.6 Å². The van der Waals surface area contributed by atoms with Crippen LogP contribution in [-0.4, -0.2) is 18.0 Å². The first-order valence-electron chi connectivity index (χ1n) is 10.4. The molecule has 1 aliphatic heterocycles. The first-order chi connectivity index (χ1) is 13.4. The minimum absolute atomic E-state index is 0.431. The van der Waals surface area contributed by atoms with Crippen molar-refractivity contribution < 1.29 is 4.74 Å². The normalized spacial score (nSPS) is 16.5. The molecule has 1 heterocycles. The maximum Gasteiger partial charge on any atom is 0.123 e. The van der Waals surface area contributed by atoms with E-state index in [-0.39, 0.29) is 0 Å². The van der Waals surface area contributed by atoms with E-state index in [0.29, 0.717) is 12.0 Å². The highest BCUT2D eigenvalue weighted by Crippen LogP contribution is 2.33. The van der Waals surface area contributed by atoms with Crippen LogP contribution in [0.3, 0.4) is 0 Å². The molecule has 3 rings (SSSR count). The largest absolute Gasteiger partial charge is 0.489 e. The van der Waals surface area contributed by atoms with Crippen LogP contribution in [0.2, 0.25) is 0 Å². The Balaban J connectivity index is 1.84. The van der Waals surface area contributed by atoms with Crippen molar-refractivity contribution in [2.24, 2.45) is 5.41 Å². The topological polar surface area (TPSA) is 36.3 Å². The molecule has 0 atom stereocenters. The summed E-state index contributed by atoms with van der Waals surface area (Å²) in [7, 11) is 0. The maximum atomic E-state index is 9.82. The second-order valence-electron chi connectivity index (χ2n) is 8.69. The van der Waals surface area contributed by atoms with Gasteiger partial charge in [-0.15, -0.1) is 0 Å². The van der Waals surface area contributed by atoms with Crippen LogP contribution >= 0.6 is 0 Å². The van der Waals surface area contributed by atoms with Crippen molar-refractivity contribution in [2.75, 3.05) is 13.1 Å². The summed E-state index contributed by atoms with van der Waals surface area (Å²) in [5, 5.41) is 9.82. The average Bonchev–Trinajstić information content (AvgIpc) is 2.69. The summed E-state index contributed by atoms with van der Waals surface area (Å²) in [5.41, 5.74) is 5.74. The summed E-state index contributed by atoms with van der Waals surface area (Å²) in [4.78, 5) is 2.48. The number of likely N-dealkylation sites (tertiary alicyclic amines) is 1. The highest BCUT2D eigenvalue weighted by molar-refractivity contribution is 5.54. The lowest BCUT2D eigenvalue weighted by Crippen LogP contribution is -2.37. The zero-order chi connectivity index (χ0) is 20.1. The van der Waals surface area contributed by atoms with E-state index < -0.39 is 0 Å². The number of rotatable bonds is 6. The summed E-state index contributed by atoms with van der Waals surface area (Å²) >= 11 is 0. The van der Waals surface area contributed by atoms with Crippen molar-refractivity contribution in [3.05, 3.63) is 64.2 Å². The zero-order valence-electron chi connectivity index (χ0n) is 17.7. The van der Waals surface area contributed by atoms with Crippen LogP contribution in [0.1, 0.15) is 61.4 Å². The number of hydrogen-bond donors (Lipinski definition) is 0. The van der Waals surface area contributed by atoms with Gasteiger partial charge in [-0.25, -0.2) is 0 Å². The number of nitrogens with zero attached hydrogens (tertiary/aromatic N) is 2. The van der Waals surface area contributed by atoms with E-state index in [9.17, 15) is 5.26 Å². The van der Waals surface area contributed by atoms with Crippen LogP contribution in [0, 0.1) is 23.7 Å². The first-order valence-corrected chi connectivity index (χ1v) is 10.4. The fourth-order valence-electron chi connectivity index (χ4n) is 4.04. The first kappa shape index (κ1) is 20.4. The van der Waals surface area contributed by atoms with E-state index >= 15 is 0 Å². The van der Waals surface area contributed by atoms with Crippen molar-refractivity contribution in [1.82, 2.24) is 4.90 Å². The highest BCUT2D eigenvalue weighted by atomic mass is 16.5. The van der Waals surface area contributed by atoms with E-state index in [1.165, 1.54) is 12.8 Å². The monoisotopic (exact) mass is 376 g/mol. The fourth-order valence-corrected chi connectivity index (χ4v) is 4.04. The standard InChI is InChI=1S/C25H32N2O/c1-5-22-19(2)23(16-26)21(17-27-13-11-25(3,4)12-14-27)15-24(22)28-18-20-9-7-6-8-10-20/h6-10,15H,5,11-14,17-18H2,1-4H3. The van der Waals surface area contributed by atoms with Crippen LogP contribution in [0.25, 0.3) is 0 Å². The maximum absolute atomic E-state index is 9.82. The molecular weight excluding hydrogens is 344 g/mol. The fraction of sp³-hybridized carbons (Fsp3) is 0.480. The highest BCUT2D eigenvalue weighted by Gasteiger charge is 2.26. The Labute approximate surface area is 169 Å². The predicted molar refractivity (Wildman–Crippen MR) is 114 cm³/mol. The lowest BCUT2D eigenvalue weighted by molar-refractivity contribution is 0.127. The van der Waals surface area contributed by atoms with Gasteiger partial charge in [0.15, 0.2) is 0 Å². The third-order valence-corrected chi connectivity index (χ3v) is 6.06. The van der Waals surface area contributed by atoms with Gasteiger partial charge in [0, 0.05) is 6.54 Å². The molecule has 0 amide bonds. The molecule has 2 aromatic carbocycles. The van der Waals surface area contributed by atoms with Gasteiger partial charge in [0.05, 0.1) is 11.6 Å². The van der Waals surface area contributed by atoms with Gasteiger partial charge in [0.2, 0.25) is 0 Å². The van der Waals surface area contributed by atoms with Crippen molar-refractivity contribution in [2.45, 2.75) is 60.1 Å². The lowest BCUT2D eigenvalue weighted by Gasteiger charge is -2.37. The molecule has 0 radical (unpaired) electrons. The number of piperidine rings is 1. The van der Waals surface area contributed by atoms with Gasteiger partial charge in [-0.3, -0.25) is 4.90 Å². The SMILES string of the molecule is CCc1c(OCc2ccccc2)cc(CN2CCC(C)(C)CC2)c(C#N)c1C. The van der Waals surface area contributed by atoms with Crippen LogP contribution in [0.4, 0.5) is 0 Å². The predicted octanol–water partition coefficient (Wildman–Crippen LogP) is 5.63. The Hall–Kier alpha value is -2.31. The minimum atomic E-state index is 0.431. The Morgan fingerprint density at radius 3 is 2.43 bits per heavy atom. The summed E-state index contributed by atoms with van der Waals surface area (Å²) < 4.78 is 6.23. The summed E-state index contributed by atoms with van der Waals surface area (Å²) in [6.07, 6.45) is 3.28. The molecule has 0 unspecified atom stereocenters. The van der Waals surface area contributed by atoms with E-state index in [1.807, 2.05) is 18.2 Å². The Morgan fingerprint density at radius 2 is 1.82 bits per heavy atom. The Morgan fingerprint density at radius 1 is 1.14 bits per heavy atom. The molecule has 0 spiro atoms. The van der Waals surface area contributed by atoms with Crippen LogP contribution in [0.5, 0.6) is 5.75 Å². The second-order valence-corrected chi connectivity index (χ2v) is 8.69. The molecule has 1 saturated heterocycles. The van der Waals surface area contributed by atoms with Gasteiger partial charge in [0.1, 0.15) is 12.4 Å². The molecule has 0 aliphatic carbocycles. The van der Waals surface area contributed by atoms with E-state index in [1.54, 1.807) is 0 Å². The zero-order valence-corrected chi connectivity index (χ0v) is 17.7. The van der Waals surface area contributed by atoms with Gasteiger partial charge in [0.25, 0.3) is 0 Å². The summed E-state index contributed by atoms with van der Waals surface area (Å²) in [6, 6.07) is 14.8. The molecule has 148 valence electrons. The smallest absolute Gasteiger partial charge is 0.123 e. The molecule has 0 bridgehead atoms. The van der Waals surface area contributed by atoms with Gasteiger partial charge in [-0.1, -0.05) is 51.1 Å². The summed E-state index contributed by atoms with van der Waals surface area (Å²) in [5.74, 6) is 0.926. The van der Waals surface area contributed by atoms with E-state index in [2.05, 4.69) is 56.9 Å². The molecular formula is C25H32N2O. The third-order valence-electron chi connectivity index (χ3n) is 6.06. The van der Waals surface area contributed by atoms with Crippen LogP contribution < -0.4 is 4.74 Å². The van der Waals surface area contributed by atoms with Crippen molar-refractivity contribution >= 4 is 0 Å². The lowest BCUT2D eigenvalue weighted by atomic mass is 9.82. The minimum Gasteiger partial charge on any atom is -0.489 e. The van der Waals surface area contributed by atoms with E-state index in [0.717, 1.165) is 59.6 Å². The number of nitriles is 1. The van der Waals surface area contributed by atoms with Crippen molar-refractivity contribution in [1.29, 1.82) is 5.26 Å². The Kier molecular flexibility index (Phi) is 6.42. The Bertz CT molecular complexity index is 839. The van der Waals surface area contributed by atoms with Gasteiger partial charge < -0.3 is 4.74 Å². The molecule has 0 N–H and O–H groups in total. The molecule has 28 heavy (non-hydrogen) atoms. The molecule has 0 saturated carbocycles. The second kappa shape index (κ2) is 8.80. The van der Waals surface area contributed by atoms with Crippen molar-refractivity contribution in [3.8, 4) is 11.8 Å².